The summed E-state index contributed by atoms with van der Waals surface area (Å²) in [7, 11) is 0. The molecule has 2 aliphatic heterocycles. The van der Waals surface area contributed by atoms with Crippen LogP contribution in [0.25, 0.3) is 10.9 Å². The molecule has 6 nitrogen and oxygen atoms in total. The fourth-order valence-corrected chi connectivity index (χ4v) is 5.05. The third-order valence-electron chi connectivity index (χ3n) is 6.98. The summed E-state index contributed by atoms with van der Waals surface area (Å²) < 4.78 is 8.42. The SMILES string of the molecule is CC(C)N1CCC(Oc2ccc3c(c2)cc2n3CCN(Cc3ccccc3C#N)C2=O)CC1. The summed E-state index contributed by atoms with van der Waals surface area (Å²) in [5, 5.41) is 10.4. The molecule has 3 heterocycles. The lowest BCUT2D eigenvalue weighted by molar-refractivity contribution is 0.0693. The molecule has 1 amide bonds. The molecule has 2 aromatic carbocycles. The zero-order chi connectivity index (χ0) is 22.9. The Labute approximate surface area is 195 Å². The lowest BCUT2D eigenvalue weighted by Crippen LogP contribution is -2.41. The molecule has 1 aromatic heterocycles. The molecule has 6 heteroatoms. The predicted octanol–water partition coefficient (Wildman–Crippen LogP) is 4.42. The van der Waals surface area contributed by atoms with E-state index >= 15 is 0 Å². The number of rotatable bonds is 5. The molecule has 5 rings (SSSR count). The highest BCUT2D eigenvalue weighted by molar-refractivity contribution is 5.99. The highest BCUT2D eigenvalue weighted by Crippen LogP contribution is 2.30. The van der Waals surface area contributed by atoms with Gasteiger partial charge < -0.3 is 19.1 Å². The zero-order valence-corrected chi connectivity index (χ0v) is 19.3. The first-order chi connectivity index (χ1) is 16.0. The first kappa shape index (κ1) is 21.5. The number of nitrogens with zero attached hydrogens (tertiary/aromatic N) is 4. The zero-order valence-electron chi connectivity index (χ0n) is 19.3. The van der Waals surface area contributed by atoms with Gasteiger partial charge in [-0.25, -0.2) is 0 Å². The Kier molecular flexibility index (Phi) is 5.82. The van der Waals surface area contributed by atoms with Crippen LogP contribution in [0.2, 0.25) is 0 Å². The molecule has 1 saturated heterocycles. The summed E-state index contributed by atoms with van der Waals surface area (Å²) >= 11 is 0. The van der Waals surface area contributed by atoms with Crippen LogP contribution in [0.15, 0.2) is 48.5 Å². The average Bonchev–Trinajstić information content (AvgIpc) is 3.20. The van der Waals surface area contributed by atoms with Crippen molar-refractivity contribution in [2.45, 2.75) is 51.9 Å². The maximum absolute atomic E-state index is 13.3. The standard InChI is InChI=1S/C27H30N4O2/c1-19(2)29-11-9-23(10-12-29)33-24-7-8-25-22(15-24)16-26-27(32)30(13-14-31(25)26)18-21-6-4-3-5-20(21)17-28/h3-8,15-16,19,23H,9-14,18H2,1-2H3. The van der Waals surface area contributed by atoms with E-state index in [1.54, 1.807) is 6.07 Å². The summed E-state index contributed by atoms with van der Waals surface area (Å²) in [4.78, 5) is 17.6. The highest BCUT2D eigenvalue weighted by Gasteiger charge is 2.27. The third-order valence-corrected chi connectivity index (χ3v) is 6.98. The van der Waals surface area contributed by atoms with Crippen LogP contribution in [0.5, 0.6) is 5.75 Å². The highest BCUT2D eigenvalue weighted by atomic mass is 16.5. The second-order valence-electron chi connectivity index (χ2n) is 9.34. The molecule has 33 heavy (non-hydrogen) atoms. The number of aromatic nitrogens is 1. The molecule has 0 atom stereocenters. The summed E-state index contributed by atoms with van der Waals surface area (Å²) in [6, 6.07) is 18.5. The van der Waals surface area contributed by atoms with E-state index in [1.807, 2.05) is 35.2 Å². The van der Waals surface area contributed by atoms with Gasteiger partial charge in [-0.15, -0.1) is 0 Å². The van der Waals surface area contributed by atoms with E-state index in [4.69, 9.17) is 4.74 Å². The molecular formula is C27H30N4O2. The van der Waals surface area contributed by atoms with Gasteiger partial charge in [0.2, 0.25) is 0 Å². The molecule has 170 valence electrons. The minimum absolute atomic E-state index is 0.00807. The molecule has 0 radical (unpaired) electrons. The van der Waals surface area contributed by atoms with Crippen LogP contribution in [0.4, 0.5) is 0 Å². The van der Waals surface area contributed by atoms with E-state index in [-0.39, 0.29) is 12.0 Å². The maximum atomic E-state index is 13.3. The Morgan fingerprint density at radius 2 is 1.85 bits per heavy atom. The monoisotopic (exact) mass is 442 g/mol. The Balaban J connectivity index is 1.32. The first-order valence-corrected chi connectivity index (χ1v) is 11.8. The van der Waals surface area contributed by atoms with Crippen LogP contribution in [0, 0.1) is 11.3 Å². The van der Waals surface area contributed by atoms with Gasteiger partial charge in [-0.3, -0.25) is 4.79 Å². The smallest absolute Gasteiger partial charge is 0.270 e. The second-order valence-corrected chi connectivity index (χ2v) is 9.34. The van der Waals surface area contributed by atoms with Crippen molar-refractivity contribution in [3.05, 3.63) is 65.4 Å². The number of likely N-dealkylation sites (tertiary alicyclic amines) is 1. The number of carbonyl (C=O) groups is 1. The number of fused-ring (bicyclic) bond motifs is 3. The van der Waals surface area contributed by atoms with Crippen LogP contribution < -0.4 is 4.74 Å². The van der Waals surface area contributed by atoms with Crippen molar-refractivity contribution in [2.75, 3.05) is 19.6 Å². The molecule has 0 unspecified atom stereocenters. The predicted molar refractivity (Wildman–Crippen MR) is 128 cm³/mol. The number of carbonyl (C=O) groups excluding carboxylic acids is 1. The molecule has 3 aromatic rings. The van der Waals surface area contributed by atoms with Gasteiger partial charge in [0.25, 0.3) is 5.91 Å². The molecule has 2 aliphatic rings. The van der Waals surface area contributed by atoms with Gasteiger partial charge in [-0.2, -0.15) is 5.26 Å². The Hall–Kier alpha value is -3.30. The van der Waals surface area contributed by atoms with Crippen molar-refractivity contribution in [1.29, 1.82) is 5.26 Å². The van der Waals surface area contributed by atoms with E-state index in [0.717, 1.165) is 54.7 Å². The van der Waals surface area contributed by atoms with Crippen LogP contribution in [0.1, 0.15) is 48.3 Å². The molecule has 0 N–H and O–H groups in total. The van der Waals surface area contributed by atoms with Crippen molar-refractivity contribution < 1.29 is 9.53 Å². The van der Waals surface area contributed by atoms with Gasteiger partial charge in [0.05, 0.1) is 11.6 Å². The number of ether oxygens (including phenoxy) is 1. The molecule has 1 fully saturated rings. The summed E-state index contributed by atoms with van der Waals surface area (Å²) in [5.74, 6) is 0.884. The van der Waals surface area contributed by atoms with Crippen LogP contribution in [-0.2, 0) is 13.1 Å². The van der Waals surface area contributed by atoms with Gasteiger partial charge in [0, 0.05) is 49.7 Å². The second kappa shape index (κ2) is 8.92. The molecule has 0 bridgehead atoms. The van der Waals surface area contributed by atoms with E-state index in [1.165, 1.54) is 0 Å². The van der Waals surface area contributed by atoms with Crippen molar-refractivity contribution in [3.63, 3.8) is 0 Å². The van der Waals surface area contributed by atoms with E-state index < -0.39 is 0 Å². The number of hydrogen-bond donors (Lipinski definition) is 0. The van der Waals surface area contributed by atoms with Gasteiger partial charge >= 0.3 is 0 Å². The lowest BCUT2D eigenvalue weighted by Gasteiger charge is -2.34. The molecule has 0 saturated carbocycles. The van der Waals surface area contributed by atoms with Crippen LogP contribution >= 0.6 is 0 Å². The van der Waals surface area contributed by atoms with Crippen molar-refractivity contribution >= 4 is 16.8 Å². The van der Waals surface area contributed by atoms with Gasteiger partial charge in [-0.05, 0) is 62.6 Å². The van der Waals surface area contributed by atoms with E-state index in [9.17, 15) is 10.1 Å². The summed E-state index contributed by atoms with van der Waals surface area (Å²) in [6.07, 6.45) is 2.33. The van der Waals surface area contributed by atoms with Crippen molar-refractivity contribution in [3.8, 4) is 11.8 Å². The minimum Gasteiger partial charge on any atom is -0.490 e. The topological polar surface area (TPSA) is 61.5 Å². The summed E-state index contributed by atoms with van der Waals surface area (Å²) in [5.41, 5.74) is 3.28. The van der Waals surface area contributed by atoms with E-state index in [0.29, 0.717) is 30.4 Å². The average molecular weight is 443 g/mol. The minimum atomic E-state index is 0.00807. The fraction of sp³-hybridized carbons (Fsp3) is 0.407. The van der Waals surface area contributed by atoms with Gasteiger partial charge in [-0.1, -0.05) is 18.2 Å². The number of benzene rings is 2. The number of nitriles is 1. The van der Waals surface area contributed by atoms with Gasteiger partial charge in [0.15, 0.2) is 0 Å². The van der Waals surface area contributed by atoms with E-state index in [2.05, 4.69) is 41.5 Å². The molecule has 0 spiro atoms. The molecular weight excluding hydrogens is 412 g/mol. The van der Waals surface area contributed by atoms with Crippen LogP contribution in [0.3, 0.4) is 0 Å². The normalized spacial score (nSPS) is 17.4. The van der Waals surface area contributed by atoms with Crippen molar-refractivity contribution in [2.24, 2.45) is 0 Å². The Bertz CT molecular complexity index is 1210. The number of piperidine rings is 1. The third kappa shape index (κ3) is 4.21. The first-order valence-electron chi connectivity index (χ1n) is 11.8. The van der Waals surface area contributed by atoms with Crippen LogP contribution in [-0.4, -0.2) is 52.1 Å². The number of amides is 1. The lowest BCUT2D eigenvalue weighted by atomic mass is 10.1. The fourth-order valence-electron chi connectivity index (χ4n) is 5.05. The summed E-state index contributed by atoms with van der Waals surface area (Å²) in [6.45, 7) is 8.46. The van der Waals surface area contributed by atoms with Gasteiger partial charge in [0.1, 0.15) is 17.5 Å². The molecule has 0 aliphatic carbocycles. The number of hydrogen-bond acceptors (Lipinski definition) is 4. The maximum Gasteiger partial charge on any atom is 0.270 e. The van der Waals surface area contributed by atoms with Crippen molar-refractivity contribution in [1.82, 2.24) is 14.4 Å². The largest absolute Gasteiger partial charge is 0.490 e. The Morgan fingerprint density at radius 3 is 2.61 bits per heavy atom. The Morgan fingerprint density at radius 1 is 1.06 bits per heavy atom. The quantitative estimate of drug-likeness (QED) is 0.587.